The summed E-state index contributed by atoms with van der Waals surface area (Å²) in [6, 6.07) is 9.76. The van der Waals surface area contributed by atoms with Crippen LogP contribution >= 0.6 is 11.6 Å². The standard InChI is InChI=1S/C13H10ClNO/c14-11-3-1-9(2-4-11)13-12-8-16-7-10(12)5-6-15-13/h1-6H,7-8H2. The minimum Gasteiger partial charge on any atom is -0.372 e. The molecule has 1 aromatic carbocycles. The molecule has 0 atom stereocenters. The molecule has 1 aromatic heterocycles. The lowest BCUT2D eigenvalue weighted by Gasteiger charge is -2.05. The maximum atomic E-state index is 5.87. The fourth-order valence-electron chi connectivity index (χ4n) is 1.95. The molecule has 0 N–H and O–H groups in total. The molecule has 0 unspecified atom stereocenters. The predicted octanol–water partition coefficient (Wildman–Crippen LogP) is 3.43. The number of aromatic nitrogens is 1. The molecule has 3 rings (SSSR count). The molecule has 1 aliphatic heterocycles. The zero-order valence-electron chi connectivity index (χ0n) is 8.61. The van der Waals surface area contributed by atoms with Crippen LogP contribution in [0.5, 0.6) is 0 Å². The Balaban J connectivity index is 2.13. The van der Waals surface area contributed by atoms with E-state index in [1.807, 2.05) is 36.5 Å². The van der Waals surface area contributed by atoms with Crippen molar-refractivity contribution in [1.82, 2.24) is 4.98 Å². The summed E-state index contributed by atoms with van der Waals surface area (Å²) >= 11 is 5.87. The summed E-state index contributed by atoms with van der Waals surface area (Å²) in [6.45, 7) is 1.35. The van der Waals surface area contributed by atoms with Crippen LogP contribution in [0.3, 0.4) is 0 Å². The fraction of sp³-hybridized carbons (Fsp3) is 0.154. The Morgan fingerprint density at radius 2 is 1.88 bits per heavy atom. The molecule has 0 bridgehead atoms. The van der Waals surface area contributed by atoms with E-state index >= 15 is 0 Å². The Hall–Kier alpha value is -1.38. The third-order valence-corrected chi connectivity index (χ3v) is 3.03. The van der Waals surface area contributed by atoms with Gasteiger partial charge >= 0.3 is 0 Å². The molecular formula is C13H10ClNO. The summed E-state index contributed by atoms with van der Waals surface area (Å²) in [4.78, 5) is 4.43. The second-order valence-electron chi connectivity index (χ2n) is 3.80. The Bertz CT molecular complexity index is 522. The van der Waals surface area contributed by atoms with Crippen LogP contribution in [-0.4, -0.2) is 4.98 Å². The summed E-state index contributed by atoms with van der Waals surface area (Å²) in [5.74, 6) is 0. The minimum atomic E-state index is 0.654. The number of nitrogens with zero attached hydrogens (tertiary/aromatic N) is 1. The molecule has 0 fully saturated rings. The molecule has 2 heterocycles. The SMILES string of the molecule is Clc1ccc(-c2nccc3c2COC3)cc1. The van der Waals surface area contributed by atoms with Crippen LogP contribution in [-0.2, 0) is 18.0 Å². The van der Waals surface area contributed by atoms with Crippen LogP contribution in [0.1, 0.15) is 11.1 Å². The van der Waals surface area contributed by atoms with Crippen LogP contribution in [0, 0.1) is 0 Å². The lowest BCUT2D eigenvalue weighted by Crippen LogP contribution is -1.91. The average Bonchev–Trinajstić information content (AvgIpc) is 2.78. The molecule has 2 nitrogen and oxygen atoms in total. The van der Waals surface area contributed by atoms with Gasteiger partial charge in [0.1, 0.15) is 0 Å². The van der Waals surface area contributed by atoms with E-state index in [1.165, 1.54) is 11.1 Å². The van der Waals surface area contributed by atoms with Gasteiger partial charge in [0.25, 0.3) is 0 Å². The predicted molar refractivity (Wildman–Crippen MR) is 63.2 cm³/mol. The number of hydrogen-bond acceptors (Lipinski definition) is 2. The second-order valence-corrected chi connectivity index (χ2v) is 4.23. The molecule has 3 heteroatoms. The van der Waals surface area contributed by atoms with Crippen molar-refractivity contribution in [2.75, 3.05) is 0 Å². The van der Waals surface area contributed by atoms with Crippen LogP contribution in [0.15, 0.2) is 36.5 Å². The topological polar surface area (TPSA) is 22.1 Å². The van der Waals surface area contributed by atoms with Crippen molar-refractivity contribution in [1.29, 1.82) is 0 Å². The van der Waals surface area contributed by atoms with Gasteiger partial charge in [0.05, 0.1) is 18.9 Å². The van der Waals surface area contributed by atoms with Crippen LogP contribution < -0.4 is 0 Å². The normalized spacial score (nSPS) is 13.8. The molecule has 0 saturated heterocycles. The number of pyridine rings is 1. The summed E-state index contributed by atoms with van der Waals surface area (Å²) in [5, 5.41) is 0.743. The molecule has 80 valence electrons. The minimum absolute atomic E-state index is 0.654. The highest BCUT2D eigenvalue weighted by molar-refractivity contribution is 6.30. The van der Waals surface area contributed by atoms with Crippen LogP contribution in [0.2, 0.25) is 5.02 Å². The molecule has 0 saturated carbocycles. The van der Waals surface area contributed by atoms with Crippen molar-refractivity contribution in [2.45, 2.75) is 13.2 Å². The first-order chi connectivity index (χ1) is 7.84. The van der Waals surface area contributed by atoms with E-state index in [2.05, 4.69) is 4.98 Å². The Labute approximate surface area is 98.8 Å². The van der Waals surface area contributed by atoms with E-state index in [-0.39, 0.29) is 0 Å². The molecule has 1 aliphatic rings. The van der Waals surface area contributed by atoms with E-state index in [1.54, 1.807) is 0 Å². The summed E-state index contributed by atoms with van der Waals surface area (Å²) < 4.78 is 5.43. The monoisotopic (exact) mass is 231 g/mol. The largest absolute Gasteiger partial charge is 0.372 e. The molecular weight excluding hydrogens is 222 g/mol. The third-order valence-electron chi connectivity index (χ3n) is 2.77. The van der Waals surface area contributed by atoms with Crippen molar-refractivity contribution < 1.29 is 4.74 Å². The average molecular weight is 232 g/mol. The molecule has 16 heavy (non-hydrogen) atoms. The van der Waals surface area contributed by atoms with Gasteiger partial charge in [-0.3, -0.25) is 4.98 Å². The van der Waals surface area contributed by atoms with Gasteiger partial charge in [0, 0.05) is 22.3 Å². The van der Waals surface area contributed by atoms with E-state index in [4.69, 9.17) is 16.3 Å². The maximum Gasteiger partial charge on any atom is 0.0760 e. The smallest absolute Gasteiger partial charge is 0.0760 e. The summed E-state index contributed by atoms with van der Waals surface area (Å²) in [7, 11) is 0. The van der Waals surface area contributed by atoms with Crippen LogP contribution in [0.4, 0.5) is 0 Å². The zero-order valence-corrected chi connectivity index (χ0v) is 9.37. The van der Waals surface area contributed by atoms with Crippen molar-refractivity contribution in [3.05, 3.63) is 52.7 Å². The highest BCUT2D eigenvalue weighted by atomic mass is 35.5. The number of benzene rings is 1. The van der Waals surface area contributed by atoms with Gasteiger partial charge in [0.15, 0.2) is 0 Å². The van der Waals surface area contributed by atoms with Crippen molar-refractivity contribution in [3.8, 4) is 11.3 Å². The quantitative estimate of drug-likeness (QED) is 0.750. The molecule has 0 aliphatic carbocycles. The first kappa shape index (κ1) is 9.82. The zero-order chi connectivity index (χ0) is 11.0. The highest BCUT2D eigenvalue weighted by Crippen LogP contribution is 2.29. The number of hydrogen-bond donors (Lipinski definition) is 0. The number of ether oxygens (including phenoxy) is 1. The van der Waals surface area contributed by atoms with Gasteiger partial charge in [-0.15, -0.1) is 0 Å². The Morgan fingerprint density at radius 3 is 2.69 bits per heavy atom. The molecule has 2 aromatic rings. The first-order valence-corrected chi connectivity index (χ1v) is 5.53. The second kappa shape index (κ2) is 3.89. The van der Waals surface area contributed by atoms with Crippen LogP contribution in [0.25, 0.3) is 11.3 Å². The van der Waals surface area contributed by atoms with E-state index in [0.29, 0.717) is 13.2 Å². The van der Waals surface area contributed by atoms with Gasteiger partial charge in [-0.25, -0.2) is 0 Å². The van der Waals surface area contributed by atoms with Gasteiger partial charge < -0.3 is 4.74 Å². The third kappa shape index (κ3) is 1.60. The number of rotatable bonds is 1. The van der Waals surface area contributed by atoms with Crippen molar-refractivity contribution in [2.24, 2.45) is 0 Å². The number of fused-ring (bicyclic) bond motifs is 1. The molecule has 0 spiro atoms. The molecule has 0 radical (unpaired) electrons. The van der Waals surface area contributed by atoms with Gasteiger partial charge in [-0.1, -0.05) is 23.7 Å². The van der Waals surface area contributed by atoms with Gasteiger partial charge in [-0.05, 0) is 23.8 Å². The highest BCUT2D eigenvalue weighted by Gasteiger charge is 2.16. The van der Waals surface area contributed by atoms with E-state index < -0.39 is 0 Å². The van der Waals surface area contributed by atoms with Crippen molar-refractivity contribution >= 4 is 11.6 Å². The Kier molecular flexibility index (Phi) is 2.39. The summed E-state index contributed by atoms with van der Waals surface area (Å²) in [6.07, 6.45) is 1.83. The maximum absolute atomic E-state index is 5.87. The lowest BCUT2D eigenvalue weighted by atomic mass is 10.0. The van der Waals surface area contributed by atoms with E-state index in [0.717, 1.165) is 16.3 Å². The number of halogens is 1. The molecule has 0 amide bonds. The van der Waals surface area contributed by atoms with Gasteiger partial charge in [0.2, 0.25) is 0 Å². The summed E-state index contributed by atoms with van der Waals surface area (Å²) in [5.41, 5.74) is 4.53. The van der Waals surface area contributed by atoms with Crippen molar-refractivity contribution in [3.63, 3.8) is 0 Å². The van der Waals surface area contributed by atoms with Gasteiger partial charge in [-0.2, -0.15) is 0 Å². The first-order valence-electron chi connectivity index (χ1n) is 5.15. The Morgan fingerprint density at radius 1 is 1.06 bits per heavy atom. The van der Waals surface area contributed by atoms with E-state index in [9.17, 15) is 0 Å². The lowest BCUT2D eigenvalue weighted by molar-refractivity contribution is 0.134. The fourth-order valence-corrected chi connectivity index (χ4v) is 2.07.